The monoisotopic (exact) mass is 271 g/mol. The van der Waals surface area contributed by atoms with Crippen molar-refractivity contribution in [2.24, 2.45) is 5.92 Å². The molecular formula is C14H19ClFNO. The number of benzene rings is 1. The van der Waals surface area contributed by atoms with Crippen molar-refractivity contribution < 1.29 is 9.50 Å². The van der Waals surface area contributed by atoms with Gasteiger partial charge in [0.05, 0.1) is 11.1 Å². The molecule has 4 heteroatoms. The van der Waals surface area contributed by atoms with Gasteiger partial charge in [0.25, 0.3) is 0 Å². The Morgan fingerprint density at radius 1 is 1.50 bits per heavy atom. The van der Waals surface area contributed by atoms with E-state index in [4.69, 9.17) is 11.6 Å². The fraction of sp³-hybridized carbons (Fsp3) is 0.571. The lowest BCUT2D eigenvalue weighted by Crippen LogP contribution is -2.30. The Morgan fingerprint density at radius 3 is 2.83 bits per heavy atom. The lowest BCUT2D eigenvalue weighted by molar-refractivity contribution is 0.169. The minimum Gasteiger partial charge on any atom is -0.387 e. The highest BCUT2D eigenvalue weighted by molar-refractivity contribution is 6.30. The average molecular weight is 272 g/mol. The molecule has 1 aromatic carbocycles. The molecule has 1 saturated carbocycles. The normalized spacial score (nSPS) is 18.7. The van der Waals surface area contributed by atoms with E-state index in [1.54, 1.807) is 6.07 Å². The van der Waals surface area contributed by atoms with E-state index < -0.39 is 11.9 Å². The van der Waals surface area contributed by atoms with Crippen LogP contribution in [0.15, 0.2) is 18.2 Å². The number of aliphatic hydroxyl groups is 1. The summed E-state index contributed by atoms with van der Waals surface area (Å²) < 4.78 is 13.3. The van der Waals surface area contributed by atoms with Crippen molar-refractivity contribution in [1.29, 1.82) is 0 Å². The molecule has 0 amide bonds. The molecule has 2 unspecified atom stereocenters. The summed E-state index contributed by atoms with van der Waals surface area (Å²) in [5.74, 6) is 0.372. The first kappa shape index (κ1) is 13.8. The van der Waals surface area contributed by atoms with Gasteiger partial charge in [0.1, 0.15) is 5.82 Å². The van der Waals surface area contributed by atoms with Gasteiger partial charge in [-0.25, -0.2) is 4.39 Å². The zero-order chi connectivity index (χ0) is 13.1. The summed E-state index contributed by atoms with van der Waals surface area (Å²) in [5.41, 5.74) is 0.558. The maximum absolute atomic E-state index is 13.3. The number of rotatable bonds is 6. The minimum absolute atomic E-state index is 0.0843. The molecule has 1 aliphatic rings. The van der Waals surface area contributed by atoms with Gasteiger partial charge in [-0.1, -0.05) is 30.5 Å². The predicted molar refractivity (Wildman–Crippen MR) is 71.2 cm³/mol. The van der Waals surface area contributed by atoms with Crippen LogP contribution in [-0.4, -0.2) is 17.7 Å². The molecule has 2 rings (SSSR count). The van der Waals surface area contributed by atoms with Gasteiger partial charge in [0.2, 0.25) is 0 Å². The summed E-state index contributed by atoms with van der Waals surface area (Å²) in [6.45, 7) is 2.56. The molecule has 0 spiro atoms. The summed E-state index contributed by atoms with van der Waals surface area (Å²) in [5, 5.41) is 13.3. The van der Waals surface area contributed by atoms with Crippen molar-refractivity contribution in [2.45, 2.75) is 38.3 Å². The molecular weight excluding hydrogens is 253 g/mol. The highest BCUT2D eigenvalue weighted by atomic mass is 35.5. The van der Waals surface area contributed by atoms with Crippen LogP contribution in [0.1, 0.15) is 37.9 Å². The maximum Gasteiger partial charge on any atom is 0.142 e. The second-order valence-corrected chi connectivity index (χ2v) is 5.58. The van der Waals surface area contributed by atoms with Gasteiger partial charge in [-0.2, -0.15) is 0 Å². The average Bonchev–Trinajstić information content (AvgIpc) is 3.13. The summed E-state index contributed by atoms with van der Waals surface area (Å²) in [7, 11) is 0. The highest BCUT2D eigenvalue weighted by Crippen LogP contribution is 2.33. The number of nitrogens with one attached hydrogen (secondary N) is 1. The maximum atomic E-state index is 13.3. The molecule has 0 aliphatic heterocycles. The number of hydrogen-bond acceptors (Lipinski definition) is 2. The Balaban J connectivity index is 1.82. The Kier molecular flexibility index (Phi) is 4.60. The Bertz CT molecular complexity index is 409. The number of aliphatic hydroxyl groups excluding tert-OH is 1. The van der Waals surface area contributed by atoms with E-state index in [0.29, 0.717) is 18.2 Å². The van der Waals surface area contributed by atoms with E-state index >= 15 is 0 Å². The molecule has 1 aliphatic carbocycles. The predicted octanol–water partition coefficient (Wildman–Crippen LogP) is 3.29. The zero-order valence-corrected chi connectivity index (χ0v) is 11.3. The number of hydrogen-bond donors (Lipinski definition) is 2. The van der Waals surface area contributed by atoms with E-state index in [1.807, 2.05) is 0 Å². The molecule has 0 aromatic heterocycles. The molecule has 0 heterocycles. The smallest absolute Gasteiger partial charge is 0.142 e. The summed E-state index contributed by atoms with van der Waals surface area (Å²) in [6.07, 6.45) is 3.12. The van der Waals surface area contributed by atoms with Crippen LogP contribution in [0, 0.1) is 11.7 Å². The lowest BCUT2D eigenvalue weighted by Gasteiger charge is -2.17. The molecule has 2 atom stereocenters. The van der Waals surface area contributed by atoms with Gasteiger partial charge >= 0.3 is 0 Å². The van der Waals surface area contributed by atoms with E-state index in [1.165, 1.54) is 25.0 Å². The van der Waals surface area contributed by atoms with Crippen LogP contribution < -0.4 is 5.32 Å². The first-order valence-corrected chi connectivity index (χ1v) is 6.80. The standard InChI is InChI=1S/C14H19ClFNO/c1-9(6-10-2-3-10)17-8-14(18)11-4-5-12(15)13(16)7-11/h4-5,7,9-10,14,17-18H,2-3,6,8H2,1H3. The first-order valence-electron chi connectivity index (χ1n) is 6.42. The fourth-order valence-corrected chi connectivity index (χ4v) is 2.20. The van der Waals surface area contributed by atoms with Crippen molar-refractivity contribution in [2.75, 3.05) is 6.54 Å². The van der Waals surface area contributed by atoms with Crippen LogP contribution in [0.3, 0.4) is 0 Å². The van der Waals surface area contributed by atoms with E-state index in [-0.39, 0.29) is 5.02 Å². The van der Waals surface area contributed by atoms with Crippen molar-refractivity contribution >= 4 is 11.6 Å². The van der Waals surface area contributed by atoms with Crippen LogP contribution in [0.5, 0.6) is 0 Å². The SMILES string of the molecule is CC(CC1CC1)NCC(O)c1ccc(Cl)c(F)c1. The molecule has 1 fully saturated rings. The fourth-order valence-electron chi connectivity index (χ4n) is 2.09. The minimum atomic E-state index is -0.696. The molecule has 0 saturated heterocycles. The van der Waals surface area contributed by atoms with Crippen LogP contribution in [0.4, 0.5) is 4.39 Å². The third kappa shape index (κ3) is 3.94. The molecule has 2 nitrogen and oxygen atoms in total. The van der Waals surface area contributed by atoms with Gasteiger partial charge in [0.15, 0.2) is 0 Å². The summed E-state index contributed by atoms with van der Waals surface area (Å²) in [6, 6.07) is 4.82. The largest absolute Gasteiger partial charge is 0.387 e. The molecule has 100 valence electrons. The summed E-state index contributed by atoms with van der Waals surface area (Å²) in [4.78, 5) is 0. The molecule has 0 radical (unpaired) electrons. The summed E-state index contributed by atoms with van der Waals surface area (Å²) >= 11 is 5.60. The topological polar surface area (TPSA) is 32.3 Å². The van der Waals surface area contributed by atoms with Crippen molar-refractivity contribution in [3.05, 3.63) is 34.6 Å². The second kappa shape index (κ2) is 6.00. The second-order valence-electron chi connectivity index (χ2n) is 5.18. The van der Waals surface area contributed by atoms with Crippen LogP contribution in [0.2, 0.25) is 5.02 Å². The van der Waals surface area contributed by atoms with Crippen molar-refractivity contribution in [3.63, 3.8) is 0 Å². The molecule has 18 heavy (non-hydrogen) atoms. The van der Waals surface area contributed by atoms with E-state index in [9.17, 15) is 9.50 Å². The lowest BCUT2D eigenvalue weighted by atomic mass is 10.1. The quantitative estimate of drug-likeness (QED) is 0.832. The van der Waals surface area contributed by atoms with Crippen LogP contribution in [-0.2, 0) is 0 Å². The highest BCUT2D eigenvalue weighted by Gasteiger charge is 2.23. The number of halogens is 2. The Labute approximate surface area is 112 Å². The molecule has 0 bridgehead atoms. The van der Waals surface area contributed by atoms with Gasteiger partial charge in [0, 0.05) is 12.6 Å². The molecule has 2 N–H and O–H groups in total. The van der Waals surface area contributed by atoms with E-state index in [0.717, 1.165) is 12.3 Å². The van der Waals surface area contributed by atoms with Crippen LogP contribution >= 0.6 is 11.6 Å². The zero-order valence-electron chi connectivity index (χ0n) is 10.5. The van der Waals surface area contributed by atoms with E-state index in [2.05, 4.69) is 12.2 Å². The van der Waals surface area contributed by atoms with Gasteiger partial charge in [-0.15, -0.1) is 0 Å². The van der Waals surface area contributed by atoms with Gasteiger partial charge in [-0.05, 0) is 37.0 Å². The third-order valence-electron chi connectivity index (χ3n) is 3.37. The van der Waals surface area contributed by atoms with Crippen molar-refractivity contribution in [3.8, 4) is 0 Å². The van der Waals surface area contributed by atoms with Gasteiger partial charge < -0.3 is 10.4 Å². The first-order chi connectivity index (χ1) is 8.56. The molecule has 1 aromatic rings. The Hall–Kier alpha value is -0.640. The Morgan fingerprint density at radius 2 is 2.22 bits per heavy atom. The third-order valence-corrected chi connectivity index (χ3v) is 3.68. The van der Waals surface area contributed by atoms with Crippen LogP contribution in [0.25, 0.3) is 0 Å². The van der Waals surface area contributed by atoms with Gasteiger partial charge in [-0.3, -0.25) is 0 Å². The van der Waals surface area contributed by atoms with Crippen molar-refractivity contribution in [1.82, 2.24) is 5.32 Å².